The van der Waals surface area contributed by atoms with Crippen molar-refractivity contribution >= 4 is 5.91 Å². The molecule has 1 unspecified atom stereocenters. The molecular formula is C16H20FN3O2. The third-order valence-electron chi connectivity index (χ3n) is 3.76. The summed E-state index contributed by atoms with van der Waals surface area (Å²) in [5.41, 5.74) is 2.70. The number of hydrogen-bond donors (Lipinski definition) is 1. The lowest BCUT2D eigenvalue weighted by Gasteiger charge is -2.15. The van der Waals surface area contributed by atoms with Gasteiger partial charge in [0.15, 0.2) is 11.6 Å². The van der Waals surface area contributed by atoms with Crippen LogP contribution >= 0.6 is 0 Å². The zero-order chi connectivity index (χ0) is 16.4. The first-order chi connectivity index (χ1) is 10.3. The second-order valence-electron chi connectivity index (χ2n) is 5.26. The van der Waals surface area contributed by atoms with Crippen LogP contribution in [0, 0.1) is 19.7 Å². The number of halogens is 1. The average Bonchev–Trinajstić information content (AvgIpc) is 2.71. The van der Waals surface area contributed by atoms with Crippen molar-refractivity contribution < 1.29 is 13.9 Å². The lowest BCUT2D eigenvalue weighted by atomic mass is 10.1. The molecule has 2 rings (SSSR count). The molecule has 1 amide bonds. The van der Waals surface area contributed by atoms with E-state index >= 15 is 0 Å². The highest BCUT2D eigenvalue weighted by molar-refractivity contribution is 5.96. The van der Waals surface area contributed by atoms with Gasteiger partial charge in [0.2, 0.25) is 0 Å². The lowest BCUT2D eigenvalue weighted by molar-refractivity contribution is 0.0938. The van der Waals surface area contributed by atoms with Crippen molar-refractivity contribution in [2.75, 3.05) is 7.11 Å². The van der Waals surface area contributed by atoms with Gasteiger partial charge in [-0.2, -0.15) is 5.10 Å². The van der Waals surface area contributed by atoms with Gasteiger partial charge in [-0.15, -0.1) is 0 Å². The minimum Gasteiger partial charge on any atom is -0.494 e. The number of aromatic nitrogens is 2. The summed E-state index contributed by atoms with van der Waals surface area (Å²) in [6.07, 6.45) is 0. The number of benzene rings is 1. The van der Waals surface area contributed by atoms with Crippen LogP contribution < -0.4 is 10.1 Å². The number of carbonyl (C=O) groups is 1. The monoisotopic (exact) mass is 305 g/mol. The topological polar surface area (TPSA) is 56.1 Å². The summed E-state index contributed by atoms with van der Waals surface area (Å²) in [4.78, 5) is 12.4. The Morgan fingerprint density at radius 2 is 2.09 bits per heavy atom. The number of carbonyl (C=O) groups excluding carboxylic acids is 1. The second kappa shape index (κ2) is 6.17. The van der Waals surface area contributed by atoms with Crippen molar-refractivity contribution in [1.29, 1.82) is 0 Å². The minimum atomic E-state index is -0.449. The van der Waals surface area contributed by atoms with Crippen LogP contribution in [0.2, 0.25) is 0 Å². The third kappa shape index (κ3) is 2.95. The molecule has 22 heavy (non-hydrogen) atoms. The van der Waals surface area contributed by atoms with Gasteiger partial charge in [0.05, 0.1) is 24.4 Å². The molecule has 0 radical (unpaired) electrons. The van der Waals surface area contributed by atoms with Crippen LogP contribution in [0.1, 0.15) is 40.3 Å². The molecule has 1 N–H and O–H groups in total. The van der Waals surface area contributed by atoms with E-state index in [0.717, 1.165) is 5.69 Å². The highest BCUT2D eigenvalue weighted by atomic mass is 19.1. The molecule has 0 aliphatic rings. The molecule has 1 atom stereocenters. The fourth-order valence-electron chi connectivity index (χ4n) is 2.41. The number of ether oxygens (including phenoxy) is 1. The first kappa shape index (κ1) is 16.0. The van der Waals surface area contributed by atoms with Crippen LogP contribution in [0.4, 0.5) is 4.39 Å². The molecule has 0 spiro atoms. The molecule has 0 fully saturated rings. The summed E-state index contributed by atoms with van der Waals surface area (Å²) in [5, 5.41) is 7.10. The van der Waals surface area contributed by atoms with E-state index in [0.29, 0.717) is 16.8 Å². The maximum absolute atomic E-state index is 13.8. The maximum atomic E-state index is 13.8. The summed E-state index contributed by atoms with van der Waals surface area (Å²) >= 11 is 0. The van der Waals surface area contributed by atoms with E-state index in [1.54, 1.807) is 37.7 Å². The number of hydrogen-bond acceptors (Lipinski definition) is 3. The van der Waals surface area contributed by atoms with Crippen LogP contribution in [0.15, 0.2) is 18.2 Å². The van der Waals surface area contributed by atoms with E-state index in [4.69, 9.17) is 4.74 Å². The summed E-state index contributed by atoms with van der Waals surface area (Å²) < 4.78 is 20.3. The van der Waals surface area contributed by atoms with E-state index < -0.39 is 5.82 Å². The van der Waals surface area contributed by atoms with Crippen LogP contribution in [0.25, 0.3) is 0 Å². The Labute approximate surface area is 129 Å². The summed E-state index contributed by atoms with van der Waals surface area (Å²) in [6.45, 7) is 5.44. The van der Waals surface area contributed by atoms with Crippen LogP contribution in [0.3, 0.4) is 0 Å². The molecule has 0 aliphatic heterocycles. The number of nitrogens with one attached hydrogen (secondary N) is 1. The van der Waals surface area contributed by atoms with E-state index in [9.17, 15) is 9.18 Å². The lowest BCUT2D eigenvalue weighted by Crippen LogP contribution is -2.27. The number of rotatable bonds is 4. The van der Waals surface area contributed by atoms with Gasteiger partial charge >= 0.3 is 0 Å². The molecule has 0 bridgehead atoms. The predicted octanol–water partition coefficient (Wildman–Crippen LogP) is 2.68. The molecular weight excluding hydrogens is 285 g/mol. The quantitative estimate of drug-likeness (QED) is 0.945. The zero-order valence-corrected chi connectivity index (χ0v) is 13.4. The van der Waals surface area contributed by atoms with Crippen molar-refractivity contribution in [3.05, 3.63) is 46.5 Å². The van der Waals surface area contributed by atoms with E-state index in [2.05, 4.69) is 10.4 Å². The number of methoxy groups -OCH3 is 1. The maximum Gasteiger partial charge on any atom is 0.255 e. The SMILES string of the molecule is COc1ccc(C(C)NC(=O)c2c(C)nn(C)c2C)cc1F. The Balaban J connectivity index is 2.19. The Morgan fingerprint density at radius 1 is 1.41 bits per heavy atom. The van der Waals surface area contributed by atoms with E-state index in [1.165, 1.54) is 13.2 Å². The number of aryl methyl sites for hydroxylation is 2. The first-order valence-electron chi connectivity index (χ1n) is 6.99. The predicted molar refractivity (Wildman–Crippen MR) is 81.5 cm³/mol. The van der Waals surface area contributed by atoms with Gasteiger partial charge in [0, 0.05) is 12.7 Å². The van der Waals surface area contributed by atoms with Gasteiger partial charge in [-0.25, -0.2) is 4.39 Å². The molecule has 5 nitrogen and oxygen atoms in total. The Kier molecular flexibility index (Phi) is 4.49. The molecule has 0 saturated heterocycles. The molecule has 2 aromatic rings. The van der Waals surface area contributed by atoms with Crippen LogP contribution in [-0.2, 0) is 7.05 Å². The Morgan fingerprint density at radius 3 is 2.59 bits per heavy atom. The van der Waals surface area contributed by atoms with Gasteiger partial charge in [0.25, 0.3) is 5.91 Å². The average molecular weight is 305 g/mol. The Hall–Kier alpha value is -2.37. The molecule has 6 heteroatoms. The largest absolute Gasteiger partial charge is 0.494 e. The second-order valence-corrected chi connectivity index (χ2v) is 5.26. The normalized spacial score (nSPS) is 12.1. The van der Waals surface area contributed by atoms with Gasteiger partial charge < -0.3 is 10.1 Å². The smallest absolute Gasteiger partial charge is 0.255 e. The van der Waals surface area contributed by atoms with Gasteiger partial charge in [-0.1, -0.05) is 6.07 Å². The fraction of sp³-hybridized carbons (Fsp3) is 0.375. The van der Waals surface area contributed by atoms with Gasteiger partial charge in [0.1, 0.15) is 0 Å². The highest BCUT2D eigenvalue weighted by Gasteiger charge is 2.20. The van der Waals surface area contributed by atoms with Gasteiger partial charge in [-0.05, 0) is 38.5 Å². The minimum absolute atomic E-state index is 0.182. The summed E-state index contributed by atoms with van der Waals surface area (Å²) in [6, 6.07) is 4.32. The summed E-state index contributed by atoms with van der Waals surface area (Å²) in [5.74, 6) is -0.483. The van der Waals surface area contributed by atoms with Gasteiger partial charge in [-0.3, -0.25) is 9.48 Å². The summed E-state index contributed by atoms with van der Waals surface area (Å²) in [7, 11) is 3.21. The standard InChI is InChI=1S/C16H20FN3O2/c1-9(12-6-7-14(22-5)13(17)8-12)18-16(21)15-10(2)19-20(4)11(15)3/h6-9H,1-5H3,(H,18,21). The molecule has 1 aromatic heterocycles. The van der Waals surface area contributed by atoms with Crippen molar-refractivity contribution in [1.82, 2.24) is 15.1 Å². The number of amides is 1. The fourth-order valence-corrected chi connectivity index (χ4v) is 2.41. The van der Waals surface area contributed by atoms with Crippen LogP contribution in [0.5, 0.6) is 5.75 Å². The highest BCUT2D eigenvalue weighted by Crippen LogP contribution is 2.22. The van der Waals surface area contributed by atoms with Crippen LogP contribution in [-0.4, -0.2) is 22.8 Å². The Bertz CT molecular complexity index is 710. The molecule has 118 valence electrons. The molecule has 0 saturated carbocycles. The zero-order valence-electron chi connectivity index (χ0n) is 13.4. The van der Waals surface area contributed by atoms with Crippen molar-refractivity contribution in [3.8, 4) is 5.75 Å². The first-order valence-corrected chi connectivity index (χ1v) is 6.99. The number of nitrogens with zero attached hydrogens (tertiary/aromatic N) is 2. The van der Waals surface area contributed by atoms with Crippen molar-refractivity contribution in [2.45, 2.75) is 26.8 Å². The van der Waals surface area contributed by atoms with Crippen molar-refractivity contribution in [3.63, 3.8) is 0 Å². The molecule has 0 aliphatic carbocycles. The third-order valence-corrected chi connectivity index (χ3v) is 3.76. The molecule has 1 aromatic carbocycles. The van der Waals surface area contributed by atoms with E-state index in [1.807, 2.05) is 6.92 Å². The van der Waals surface area contributed by atoms with Crippen molar-refractivity contribution in [2.24, 2.45) is 7.05 Å². The molecule has 1 heterocycles. The van der Waals surface area contributed by atoms with E-state index in [-0.39, 0.29) is 17.7 Å².